The first-order chi connectivity index (χ1) is 9.04. The SMILES string of the molecule is CN(CCC#N)C(=O)CCOc1ccc(Br)cc1F. The quantitative estimate of drug-likeness (QED) is 0.806. The summed E-state index contributed by atoms with van der Waals surface area (Å²) in [6.07, 6.45) is 0.446. The van der Waals surface area contributed by atoms with Crippen LogP contribution in [0.2, 0.25) is 0 Å². The van der Waals surface area contributed by atoms with Crippen LogP contribution in [0.25, 0.3) is 0 Å². The lowest BCUT2D eigenvalue weighted by molar-refractivity contribution is -0.130. The lowest BCUT2D eigenvalue weighted by Crippen LogP contribution is -2.28. The van der Waals surface area contributed by atoms with Crippen molar-refractivity contribution in [1.82, 2.24) is 4.90 Å². The van der Waals surface area contributed by atoms with Crippen molar-refractivity contribution < 1.29 is 13.9 Å². The Balaban J connectivity index is 2.38. The van der Waals surface area contributed by atoms with Crippen LogP contribution in [0.5, 0.6) is 5.75 Å². The second-order valence-corrected chi connectivity index (χ2v) is 4.81. The minimum atomic E-state index is -0.473. The third kappa shape index (κ3) is 5.26. The smallest absolute Gasteiger partial charge is 0.225 e. The second-order valence-electron chi connectivity index (χ2n) is 3.90. The van der Waals surface area contributed by atoms with Crippen molar-refractivity contribution in [3.05, 3.63) is 28.5 Å². The van der Waals surface area contributed by atoms with Gasteiger partial charge in [-0.2, -0.15) is 5.26 Å². The number of carbonyl (C=O) groups is 1. The molecule has 0 saturated carbocycles. The summed E-state index contributed by atoms with van der Waals surface area (Å²) in [4.78, 5) is 13.1. The number of hydrogen-bond donors (Lipinski definition) is 0. The molecule has 0 radical (unpaired) electrons. The summed E-state index contributed by atoms with van der Waals surface area (Å²) < 4.78 is 19.3. The first-order valence-electron chi connectivity index (χ1n) is 5.73. The first-order valence-corrected chi connectivity index (χ1v) is 6.52. The molecule has 1 rings (SSSR count). The molecule has 0 fully saturated rings. The van der Waals surface area contributed by atoms with E-state index in [2.05, 4.69) is 15.9 Å². The topological polar surface area (TPSA) is 53.3 Å². The summed E-state index contributed by atoms with van der Waals surface area (Å²) in [5.41, 5.74) is 0. The summed E-state index contributed by atoms with van der Waals surface area (Å²) in [5.74, 6) is -0.483. The van der Waals surface area contributed by atoms with Gasteiger partial charge in [0.15, 0.2) is 11.6 Å². The van der Waals surface area contributed by atoms with E-state index in [0.29, 0.717) is 17.4 Å². The minimum Gasteiger partial charge on any atom is -0.490 e. The van der Waals surface area contributed by atoms with E-state index in [-0.39, 0.29) is 24.7 Å². The fourth-order valence-electron chi connectivity index (χ4n) is 1.37. The van der Waals surface area contributed by atoms with Gasteiger partial charge in [0, 0.05) is 18.1 Å². The predicted octanol–water partition coefficient (Wildman–Crippen LogP) is 2.73. The number of amides is 1. The molecule has 0 N–H and O–H groups in total. The fourth-order valence-corrected chi connectivity index (χ4v) is 1.71. The van der Waals surface area contributed by atoms with Crippen LogP contribution in [0.1, 0.15) is 12.8 Å². The molecule has 1 aromatic carbocycles. The second kappa shape index (κ2) is 7.74. The van der Waals surface area contributed by atoms with Crippen molar-refractivity contribution in [1.29, 1.82) is 5.26 Å². The van der Waals surface area contributed by atoms with Crippen LogP contribution >= 0.6 is 15.9 Å². The van der Waals surface area contributed by atoms with Crippen LogP contribution in [0, 0.1) is 17.1 Å². The molecule has 0 aromatic heterocycles. The van der Waals surface area contributed by atoms with E-state index in [4.69, 9.17) is 10.00 Å². The third-order valence-electron chi connectivity index (χ3n) is 2.45. The number of hydrogen-bond acceptors (Lipinski definition) is 3. The molecule has 1 aromatic rings. The van der Waals surface area contributed by atoms with E-state index >= 15 is 0 Å². The number of ether oxygens (including phenoxy) is 1. The van der Waals surface area contributed by atoms with Crippen molar-refractivity contribution in [3.63, 3.8) is 0 Å². The van der Waals surface area contributed by atoms with Gasteiger partial charge in [-0.25, -0.2) is 4.39 Å². The molecule has 0 saturated heterocycles. The molecular formula is C13H14BrFN2O2. The summed E-state index contributed by atoms with van der Waals surface area (Å²) >= 11 is 3.15. The van der Waals surface area contributed by atoms with E-state index < -0.39 is 5.82 Å². The molecule has 0 aliphatic rings. The molecule has 0 aliphatic carbocycles. The number of nitrogens with zero attached hydrogens (tertiary/aromatic N) is 2. The highest BCUT2D eigenvalue weighted by molar-refractivity contribution is 9.10. The van der Waals surface area contributed by atoms with E-state index in [1.807, 2.05) is 6.07 Å². The molecule has 0 bridgehead atoms. The highest BCUT2D eigenvalue weighted by Gasteiger charge is 2.09. The van der Waals surface area contributed by atoms with Crippen LogP contribution in [0.15, 0.2) is 22.7 Å². The van der Waals surface area contributed by atoms with Gasteiger partial charge in [-0.3, -0.25) is 4.79 Å². The maximum atomic E-state index is 13.4. The van der Waals surface area contributed by atoms with Crippen molar-refractivity contribution in [2.24, 2.45) is 0 Å². The Morgan fingerprint density at radius 1 is 1.58 bits per heavy atom. The van der Waals surface area contributed by atoms with Gasteiger partial charge in [0.05, 0.1) is 25.5 Å². The number of halogens is 2. The Hall–Kier alpha value is -1.61. The zero-order valence-corrected chi connectivity index (χ0v) is 12.1. The maximum absolute atomic E-state index is 13.4. The Labute approximate surface area is 119 Å². The average molecular weight is 329 g/mol. The molecule has 0 atom stereocenters. The van der Waals surface area contributed by atoms with Crippen LogP contribution in [0.4, 0.5) is 4.39 Å². The van der Waals surface area contributed by atoms with Gasteiger partial charge >= 0.3 is 0 Å². The zero-order chi connectivity index (χ0) is 14.3. The Morgan fingerprint density at radius 2 is 2.32 bits per heavy atom. The summed E-state index contributed by atoms with van der Waals surface area (Å²) in [5, 5.41) is 8.42. The largest absolute Gasteiger partial charge is 0.490 e. The molecule has 0 unspecified atom stereocenters. The van der Waals surface area contributed by atoms with Gasteiger partial charge in [0.25, 0.3) is 0 Å². The Kier molecular flexibility index (Phi) is 6.30. The fraction of sp³-hybridized carbons (Fsp3) is 0.385. The zero-order valence-electron chi connectivity index (χ0n) is 10.5. The first kappa shape index (κ1) is 15.4. The molecule has 0 heterocycles. The van der Waals surface area contributed by atoms with Crippen molar-refractivity contribution in [2.45, 2.75) is 12.8 Å². The molecule has 19 heavy (non-hydrogen) atoms. The van der Waals surface area contributed by atoms with Crippen molar-refractivity contribution in [3.8, 4) is 11.8 Å². The number of benzene rings is 1. The van der Waals surface area contributed by atoms with Gasteiger partial charge in [-0.15, -0.1) is 0 Å². The molecule has 102 valence electrons. The third-order valence-corrected chi connectivity index (χ3v) is 2.95. The van der Waals surface area contributed by atoms with Crippen LogP contribution in [-0.4, -0.2) is 31.0 Å². The molecule has 0 spiro atoms. The Morgan fingerprint density at radius 3 is 2.95 bits per heavy atom. The number of carbonyl (C=O) groups excluding carboxylic acids is 1. The van der Waals surface area contributed by atoms with Gasteiger partial charge in [0.1, 0.15) is 0 Å². The van der Waals surface area contributed by atoms with E-state index in [9.17, 15) is 9.18 Å². The van der Waals surface area contributed by atoms with Crippen LogP contribution in [0.3, 0.4) is 0 Å². The normalized spacial score (nSPS) is 9.79. The molecule has 4 nitrogen and oxygen atoms in total. The highest BCUT2D eigenvalue weighted by Crippen LogP contribution is 2.21. The van der Waals surface area contributed by atoms with Crippen molar-refractivity contribution in [2.75, 3.05) is 20.2 Å². The standard InChI is InChI=1S/C13H14BrFN2O2/c1-17(7-2-6-16)13(18)5-8-19-12-4-3-10(14)9-11(12)15/h3-4,9H,2,5,7-8H2,1H3. The van der Waals surface area contributed by atoms with E-state index in [0.717, 1.165) is 0 Å². The van der Waals surface area contributed by atoms with Gasteiger partial charge < -0.3 is 9.64 Å². The molecule has 0 aliphatic heterocycles. The summed E-state index contributed by atoms with van der Waals surface area (Å²) in [6, 6.07) is 6.44. The number of nitriles is 1. The molecular weight excluding hydrogens is 315 g/mol. The Bertz CT molecular complexity index is 488. The average Bonchev–Trinajstić information content (AvgIpc) is 2.38. The summed E-state index contributed by atoms with van der Waals surface area (Å²) in [7, 11) is 1.62. The summed E-state index contributed by atoms with van der Waals surface area (Å²) in [6.45, 7) is 0.496. The van der Waals surface area contributed by atoms with E-state index in [1.54, 1.807) is 13.1 Å². The number of rotatable bonds is 6. The van der Waals surface area contributed by atoms with E-state index in [1.165, 1.54) is 17.0 Å². The van der Waals surface area contributed by atoms with Crippen LogP contribution < -0.4 is 4.74 Å². The molecule has 6 heteroatoms. The lowest BCUT2D eigenvalue weighted by Gasteiger charge is -2.15. The predicted molar refractivity (Wildman–Crippen MR) is 72.1 cm³/mol. The van der Waals surface area contributed by atoms with Gasteiger partial charge in [-0.05, 0) is 18.2 Å². The van der Waals surface area contributed by atoms with Crippen molar-refractivity contribution >= 4 is 21.8 Å². The van der Waals surface area contributed by atoms with Crippen LogP contribution in [-0.2, 0) is 4.79 Å². The van der Waals surface area contributed by atoms with Gasteiger partial charge in [0.2, 0.25) is 5.91 Å². The minimum absolute atomic E-state index is 0.105. The van der Waals surface area contributed by atoms with Gasteiger partial charge in [-0.1, -0.05) is 15.9 Å². The maximum Gasteiger partial charge on any atom is 0.225 e. The highest BCUT2D eigenvalue weighted by atomic mass is 79.9. The molecule has 1 amide bonds. The monoisotopic (exact) mass is 328 g/mol. The lowest BCUT2D eigenvalue weighted by atomic mass is 10.3.